The first-order chi connectivity index (χ1) is 9.76. The van der Waals surface area contributed by atoms with E-state index in [4.69, 9.17) is 4.74 Å². The van der Waals surface area contributed by atoms with E-state index in [0.717, 1.165) is 22.9 Å². The van der Waals surface area contributed by atoms with Crippen LogP contribution in [0.3, 0.4) is 0 Å². The molecule has 2 aromatic rings. The van der Waals surface area contributed by atoms with Gasteiger partial charge in [0.25, 0.3) is 0 Å². The van der Waals surface area contributed by atoms with Gasteiger partial charge in [0, 0.05) is 42.9 Å². The molecule has 1 heterocycles. The van der Waals surface area contributed by atoms with E-state index in [2.05, 4.69) is 5.32 Å². The number of para-hydroxylation sites is 1. The van der Waals surface area contributed by atoms with Crippen LogP contribution in [0.2, 0.25) is 0 Å². The number of aliphatic hydroxyl groups excluding tert-OH is 1. The Hall–Kier alpha value is -1.85. The highest BCUT2D eigenvalue weighted by Gasteiger charge is 2.09. The maximum atomic E-state index is 11.9. The molecule has 0 unspecified atom stereocenters. The van der Waals surface area contributed by atoms with Gasteiger partial charge >= 0.3 is 0 Å². The van der Waals surface area contributed by atoms with Gasteiger partial charge in [0.1, 0.15) is 6.54 Å². The van der Waals surface area contributed by atoms with E-state index >= 15 is 0 Å². The van der Waals surface area contributed by atoms with Gasteiger partial charge in [-0.2, -0.15) is 0 Å². The van der Waals surface area contributed by atoms with Gasteiger partial charge in [0.05, 0.1) is 6.61 Å². The van der Waals surface area contributed by atoms with Crippen LogP contribution in [0, 0.1) is 0 Å². The highest BCUT2D eigenvalue weighted by molar-refractivity contribution is 5.86. The number of hydrogen-bond donors (Lipinski definition) is 2. The minimum Gasteiger partial charge on any atom is -0.392 e. The van der Waals surface area contributed by atoms with Crippen molar-refractivity contribution in [3.05, 3.63) is 36.0 Å². The van der Waals surface area contributed by atoms with Gasteiger partial charge in [0.15, 0.2) is 0 Å². The molecule has 5 nitrogen and oxygen atoms in total. The summed E-state index contributed by atoms with van der Waals surface area (Å²) in [5.74, 6) is -0.0358. The van der Waals surface area contributed by atoms with Gasteiger partial charge in [-0.1, -0.05) is 18.2 Å². The lowest BCUT2D eigenvalue weighted by Gasteiger charge is -2.07. The monoisotopic (exact) mass is 276 g/mol. The molecule has 1 aromatic carbocycles. The highest BCUT2D eigenvalue weighted by atomic mass is 16.5. The Morgan fingerprint density at radius 1 is 1.40 bits per heavy atom. The standard InChI is InChI=1S/C15H20N2O3/c1-20-8-4-7-16-15(19)10-17-9-12(11-18)13-5-2-3-6-14(13)17/h2-3,5-6,9,18H,4,7-8,10-11H2,1H3,(H,16,19). The SMILES string of the molecule is COCCCNC(=O)Cn1cc(CO)c2ccccc21. The third kappa shape index (κ3) is 3.37. The molecule has 0 bridgehead atoms. The molecule has 5 heteroatoms. The number of rotatable bonds is 7. The number of ether oxygens (including phenoxy) is 1. The third-order valence-corrected chi connectivity index (χ3v) is 3.20. The summed E-state index contributed by atoms with van der Waals surface area (Å²) in [6, 6.07) is 7.76. The fraction of sp³-hybridized carbons (Fsp3) is 0.400. The lowest BCUT2D eigenvalue weighted by molar-refractivity contribution is -0.121. The van der Waals surface area contributed by atoms with Crippen LogP contribution >= 0.6 is 0 Å². The van der Waals surface area contributed by atoms with Crippen LogP contribution in [0.15, 0.2) is 30.5 Å². The second-order valence-electron chi connectivity index (χ2n) is 4.65. The van der Waals surface area contributed by atoms with E-state index < -0.39 is 0 Å². The molecule has 0 fully saturated rings. The zero-order valence-electron chi connectivity index (χ0n) is 11.6. The van der Waals surface area contributed by atoms with Gasteiger partial charge in [-0.25, -0.2) is 0 Å². The minimum atomic E-state index is -0.0358. The van der Waals surface area contributed by atoms with E-state index in [1.807, 2.05) is 35.0 Å². The molecule has 0 saturated heterocycles. The number of amides is 1. The number of methoxy groups -OCH3 is 1. The van der Waals surface area contributed by atoms with E-state index in [1.165, 1.54) is 0 Å². The number of nitrogens with one attached hydrogen (secondary N) is 1. The van der Waals surface area contributed by atoms with Gasteiger partial charge in [-0.3, -0.25) is 4.79 Å². The molecule has 0 atom stereocenters. The molecule has 0 aliphatic rings. The number of aromatic nitrogens is 1. The largest absolute Gasteiger partial charge is 0.392 e. The van der Waals surface area contributed by atoms with Crippen LogP contribution in [0.1, 0.15) is 12.0 Å². The predicted molar refractivity (Wildman–Crippen MR) is 77.4 cm³/mol. The Morgan fingerprint density at radius 3 is 2.95 bits per heavy atom. The van der Waals surface area contributed by atoms with Gasteiger partial charge in [-0.15, -0.1) is 0 Å². The van der Waals surface area contributed by atoms with Crippen LogP contribution in [0.5, 0.6) is 0 Å². The molecule has 0 aliphatic heterocycles. The van der Waals surface area contributed by atoms with Crippen molar-refractivity contribution in [2.45, 2.75) is 19.6 Å². The summed E-state index contributed by atoms with van der Waals surface area (Å²) >= 11 is 0. The molecule has 2 N–H and O–H groups in total. The summed E-state index contributed by atoms with van der Waals surface area (Å²) in [5.41, 5.74) is 1.80. The molecule has 0 spiro atoms. The molecule has 20 heavy (non-hydrogen) atoms. The first-order valence-electron chi connectivity index (χ1n) is 6.69. The fourth-order valence-electron chi connectivity index (χ4n) is 2.23. The number of carbonyl (C=O) groups is 1. The summed E-state index contributed by atoms with van der Waals surface area (Å²) in [6.45, 7) is 1.48. The summed E-state index contributed by atoms with van der Waals surface area (Å²) in [6.07, 6.45) is 2.63. The van der Waals surface area contributed by atoms with E-state index in [1.54, 1.807) is 7.11 Å². The lowest BCUT2D eigenvalue weighted by Crippen LogP contribution is -2.28. The molecular weight excluding hydrogens is 256 g/mol. The smallest absolute Gasteiger partial charge is 0.239 e. The molecule has 0 saturated carbocycles. The van der Waals surface area contributed by atoms with Crippen LogP contribution in [-0.4, -0.2) is 35.8 Å². The Kier molecular flexibility index (Phi) is 5.15. The molecule has 0 aliphatic carbocycles. The summed E-state index contributed by atoms with van der Waals surface area (Å²) in [7, 11) is 1.64. The summed E-state index contributed by atoms with van der Waals surface area (Å²) in [5, 5.41) is 13.2. The molecule has 0 radical (unpaired) electrons. The normalized spacial score (nSPS) is 10.9. The first-order valence-corrected chi connectivity index (χ1v) is 6.69. The lowest BCUT2D eigenvalue weighted by atomic mass is 10.2. The summed E-state index contributed by atoms with van der Waals surface area (Å²) in [4.78, 5) is 11.9. The maximum Gasteiger partial charge on any atom is 0.239 e. The zero-order valence-corrected chi connectivity index (χ0v) is 11.6. The molecular formula is C15H20N2O3. The predicted octanol–water partition coefficient (Wildman–Crippen LogP) is 1.29. The topological polar surface area (TPSA) is 63.5 Å². The average molecular weight is 276 g/mol. The van der Waals surface area contributed by atoms with Crippen molar-refractivity contribution in [3.8, 4) is 0 Å². The van der Waals surface area contributed by atoms with Gasteiger partial charge in [0.2, 0.25) is 5.91 Å². The second-order valence-corrected chi connectivity index (χ2v) is 4.65. The molecule has 1 aromatic heterocycles. The van der Waals surface area contributed by atoms with Crippen molar-refractivity contribution in [2.24, 2.45) is 0 Å². The number of benzene rings is 1. The van der Waals surface area contributed by atoms with Crippen molar-refractivity contribution >= 4 is 16.8 Å². The minimum absolute atomic E-state index is 0.0248. The van der Waals surface area contributed by atoms with Gasteiger partial charge < -0.3 is 19.7 Å². The number of nitrogens with zero attached hydrogens (tertiary/aromatic N) is 1. The number of carbonyl (C=O) groups excluding carboxylic acids is 1. The quantitative estimate of drug-likeness (QED) is 0.749. The van der Waals surface area contributed by atoms with Crippen LogP contribution in [0.4, 0.5) is 0 Å². The van der Waals surface area contributed by atoms with Crippen LogP contribution < -0.4 is 5.32 Å². The van der Waals surface area contributed by atoms with E-state index in [0.29, 0.717) is 13.2 Å². The Labute approximate surface area is 118 Å². The number of aliphatic hydroxyl groups is 1. The second kappa shape index (κ2) is 7.07. The third-order valence-electron chi connectivity index (χ3n) is 3.20. The molecule has 108 valence electrons. The number of hydrogen-bond acceptors (Lipinski definition) is 3. The van der Waals surface area contributed by atoms with Gasteiger partial charge in [-0.05, 0) is 12.5 Å². The maximum absolute atomic E-state index is 11.9. The molecule has 2 rings (SSSR count). The molecule has 1 amide bonds. The van der Waals surface area contributed by atoms with Crippen LogP contribution in [-0.2, 0) is 22.7 Å². The Morgan fingerprint density at radius 2 is 2.20 bits per heavy atom. The van der Waals surface area contributed by atoms with Crippen molar-refractivity contribution in [1.82, 2.24) is 9.88 Å². The average Bonchev–Trinajstić information content (AvgIpc) is 2.82. The van der Waals surface area contributed by atoms with Crippen LogP contribution in [0.25, 0.3) is 10.9 Å². The van der Waals surface area contributed by atoms with E-state index in [-0.39, 0.29) is 19.1 Å². The van der Waals surface area contributed by atoms with Crippen molar-refractivity contribution in [2.75, 3.05) is 20.3 Å². The van der Waals surface area contributed by atoms with E-state index in [9.17, 15) is 9.90 Å². The Balaban J connectivity index is 2.04. The van der Waals surface area contributed by atoms with Crippen molar-refractivity contribution < 1.29 is 14.6 Å². The Bertz CT molecular complexity index is 578. The number of fused-ring (bicyclic) bond motifs is 1. The zero-order chi connectivity index (χ0) is 14.4. The highest BCUT2D eigenvalue weighted by Crippen LogP contribution is 2.21. The van der Waals surface area contributed by atoms with Crippen molar-refractivity contribution in [3.63, 3.8) is 0 Å². The summed E-state index contributed by atoms with van der Waals surface area (Å²) < 4.78 is 6.80. The van der Waals surface area contributed by atoms with Crippen molar-refractivity contribution in [1.29, 1.82) is 0 Å². The fourth-order valence-corrected chi connectivity index (χ4v) is 2.23. The first kappa shape index (κ1) is 14.6.